The summed E-state index contributed by atoms with van der Waals surface area (Å²) in [6.45, 7) is 10.9. The van der Waals surface area contributed by atoms with Gasteiger partial charge in [-0.15, -0.1) is 0 Å². The number of aryl methyl sites for hydroxylation is 1. The predicted octanol–water partition coefficient (Wildman–Crippen LogP) is 5.06. The Labute approximate surface area is 137 Å². The van der Waals surface area contributed by atoms with Crippen molar-refractivity contribution < 1.29 is 4.74 Å². The van der Waals surface area contributed by atoms with E-state index in [1.807, 2.05) is 50.2 Å². The van der Waals surface area contributed by atoms with E-state index in [-0.39, 0.29) is 6.10 Å². The number of aromatic nitrogens is 2. The molecule has 1 atom stereocenters. The topological polar surface area (TPSA) is 27.1 Å². The second-order valence-electron chi connectivity index (χ2n) is 6.08. The lowest BCUT2D eigenvalue weighted by Gasteiger charge is -2.17. The molecule has 0 saturated heterocycles. The molecule has 0 bridgehead atoms. The first-order chi connectivity index (χ1) is 11.0. The minimum Gasteiger partial charge on any atom is -0.483 e. The number of allylic oxidation sites excluding steroid dienone is 1. The van der Waals surface area contributed by atoms with Crippen LogP contribution in [0.5, 0.6) is 5.75 Å². The Morgan fingerprint density at radius 3 is 2.74 bits per heavy atom. The summed E-state index contributed by atoms with van der Waals surface area (Å²) in [7, 11) is 0. The number of para-hydroxylation sites is 2. The van der Waals surface area contributed by atoms with Crippen molar-refractivity contribution in [3.63, 3.8) is 0 Å². The van der Waals surface area contributed by atoms with Crippen LogP contribution in [0, 0.1) is 6.92 Å². The zero-order valence-electron chi connectivity index (χ0n) is 13.9. The summed E-state index contributed by atoms with van der Waals surface area (Å²) < 4.78 is 8.31. The minimum absolute atomic E-state index is 0.136. The number of imidazole rings is 1. The number of benzene rings is 2. The van der Waals surface area contributed by atoms with Crippen LogP contribution in [-0.4, -0.2) is 9.55 Å². The van der Waals surface area contributed by atoms with Gasteiger partial charge in [0.05, 0.1) is 11.0 Å². The number of hydrogen-bond donors (Lipinski definition) is 0. The third kappa shape index (κ3) is 3.29. The molecule has 118 valence electrons. The van der Waals surface area contributed by atoms with E-state index < -0.39 is 0 Å². The van der Waals surface area contributed by atoms with Crippen LogP contribution in [0.25, 0.3) is 11.0 Å². The van der Waals surface area contributed by atoms with Crippen LogP contribution in [0.2, 0.25) is 0 Å². The van der Waals surface area contributed by atoms with Gasteiger partial charge >= 0.3 is 0 Å². The van der Waals surface area contributed by atoms with Gasteiger partial charge in [-0.25, -0.2) is 4.98 Å². The van der Waals surface area contributed by atoms with Crippen LogP contribution in [0.4, 0.5) is 0 Å². The Balaban J connectivity index is 1.98. The molecular weight excluding hydrogens is 284 g/mol. The van der Waals surface area contributed by atoms with Crippen molar-refractivity contribution in [1.29, 1.82) is 0 Å². The maximum atomic E-state index is 6.12. The number of hydrogen-bond acceptors (Lipinski definition) is 2. The summed E-state index contributed by atoms with van der Waals surface area (Å²) >= 11 is 0. The molecule has 3 nitrogen and oxygen atoms in total. The molecule has 0 unspecified atom stereocenters. The summed E-state index contributed by atoms with van der Waals surface area (Å²) in [6.07, 6.45) is -0.136. The highest BCUT2D eigenvalue weighted by Gasteiger charge is 2.18. The van der Waals surface area contributed by atoms with Gasteiger partial charge in [0.15, 0.2) is 11.9 Å². The molecule has 0 aliphatic rings. The van der Waals surface area contributed by atoms with Crippen molar-refractivity contribution >= 4 is 11.0 Å². The van der Waals surface area contributed by atoms with E-state index in [2.05, 4.69) is 30.2 Å². The molecule has 3 rings (SSSR count). The fourth-order valence-corrected chi connectivity index (χ4v) is 2.79. The van der Waals surface area contributed by atoms with Crippen LogP contribution in [0.1, 0.15) is 31.3 Å². The van der Waals surface area contributed by atoms with E-state index in [9.17, 15) is 0 Å². The van der Waals surface area contributed by atoms with Crippen LogP contribution in [-0.2, 0) is 6.54 Å². The molecule has 0 amide bonds. The summed E-state index contributed by atoms with van der Waals surface area (Å²) in [6, 6.07) is 16.3. The third-order valence-electron chi connectivity index (χ3n) is 3.78. The van der Waals surface area contributed by atoms with Crippen molar-refractivity contribution in [2.24, 2.45) is 0 Å². The van der Waals surface area contributed by atoms with Gasteiger partial charge in [0, 0.05) is 6.54 Å². The molecule has 0 fully saturated rings. The summed E-state index contributed by atoms with van der Waals surface area (Å²) in [4.78, 5) is 4.78. The fraction of sp³-hybridized carbons (Fsp3) is 0.250. The Bertz CT molecular complexity index is 848. The van der Waals surface area contributed by atoms with Gasteiger partial charge in [-0.2, -0.15) is 0 Å². The van der Waals surface area contributed by atoms with Crippen molar-refractivity contribution in [2.75, 3.05) is 0 Å². The lowest BCUT2D eigenvalue weighted by Crippen LogP contribution is -2.12. The van der Waals surface area contributed by atoms with Crippen LogP contribution < -0.4 is 4.74 Å². The predicted molar refractivity (Wildman–Crippen MR) is 94.8 cm³/mol. The van der Waals surface area contributed by atoms with Gasteiger partial charge in [0.2, 0.25) is 0 Å². The molecule has 0 aliphatic carbocycles. The standard InChI is InChI=1S/C20H22N2O/c1-14(2)13-22-19-11-6-5-10-18(19)21-20(22)16(4)23-17-9-7-8-15(3)12-17/h5-12,16H,1,13H2,2-4H3/t16-/m0/s1. The lowest BCUT2D eigenvalue weighted by molar-refractivity contribution is 0.212. The van der Waals surface area contributed by atoms with Gasteiger partial charge in [-0.05, 0) is 50.6 Å². The highest BCUT2D eigenvalue weighted by molar-refractivity contribution is 5.76. The summed E-state index contributed by atoms with van der Waals surface area (Å²) in [5.41, 5.74) is 4.39. The molecule has 23 heavy (non-hydrogen) atoms. The highest BCUT2D eigenvalue weighted by atomic mass is 16.5. The summed E-state index contributed by atoms with van der Waals surface area (Å²) in [5.74, 6) is 1.79. The van der Waals surface area contributed by atoms with Crippen molar-refractivity contribution in [1.82, 2.24) is 9.55 Å². The fourth-order valence-electron chi connectivity index (χ4n) is 2.79. The van der Waals surface area contributed by atoms with Crippen molar-refractivity contribution in [2.45, 2.75) is 33.4 Å². The number of rotatable bonds is 5. The number of ether oxygens (including phenoxy) is 1. The normalized spacial score (nSPS) is 12.3. The second kappa shape index (κ2) is 6.29. The molecule has 1 aromatic heterocycles. The van der Waals surface area contributed by atoms with E-state index in [0.717, 1.165) is 34.7 Å². The number of fused-ring (bicyclic) bond motifs is 1. The molecule has 0 aliphatic heterocycles. The van der Waals surface area contributed by atoms with E-state index in [4.69, 9.17) is 9.72 Å². The zero-order valence-corrected chi connectivity index (χ0v) is 13.9. The van der Waals surface area contributed by atoms with E-state index in [0.29, 0.717) is 0 Å². The minimum atomic E-state index is -0.136. The van der Waals surface area contributed by atoms with Gasteiger partial charge in [0.25, 0.3) is 0 Å². The molecule has 0 saturated carbocycles. The first kappa shape index (κ1) is 15.3. The van der Waals surface area contributed by atoms with Crippen LogP contribution in [0.15, 0.2) is 60.7 Å². The second-order valence-corrected chi connectivity index (χ2v) is 6.08. The van der Waals surface area contributed by atoms with Crippen LogP contribution in [0.3, 0.4) is 0 Å². The maximum Gasteiger partial charge on any atom is 0.153 e. The Hall–Kier alpha value is -2.55. The first-order valence-corrected chi connectivity index (χ1v) is 7.87. The SMILES string of the molecule is C=C(C)Cn1c([C@H](C)Oc2cccc(C)c2)nc2ccccc21. The molecule has 0 radical (unpaired) electrons. The molecule has 1 heterocycles. The van der Waals surface area contributed by atoms with Gasteiger partial charge in [-0.1, -0.05) is 36.4 Å². The van der Waals surface area contributed by atoms with E-state index >= 15 is 0 Å². The Morgan fingerprint density at radius 1 is 1.22 bits per heavy atom. The summed E-state index contributed by atoms with van der Waals surface area (Å²) in [5, 5.41) is 0. The van der Waals surface area contributed by atoms with Crippen molar-refractivity contribution in [3.8, 4) is 5.75 Å². The molecule has 0 spiro atoms. The quantitative estimate of drug-likeness (QED) is 0.616. The average molecular weight is 306 g/mol. The highest BCUT2D eigenvalue weighted by Crippen LogP contribution is 2.26. The third-order valence-corrected chi connectivity index (χ3v) is 3.78. The monoisotopic (exact) mass is 306 g/mol. The lowest BCUT2D eigenvalue weighted by atomic mass is 10.2. The van der Waals surface area contributed by atoms with Gasteiger partial charge in [-0.3, -0.25) is 0 Å². The van der Waals surface area contributed by atoms with E-state index in [1.54, 1.807) is 0 Å². The van der Waals surface area contributed by atoms with Gasteiger partial charge < -0.3 is 9.30 Å². The first-order valence-electron chi connectivity index (χ1n) is 7.87. The number of nitrogens with zero attached hydrogens (tertiary/aromatic N) is 2. The zero-order chi connectivity index (χ0) is 16.4. The Kier molecular flexibility index (Phi) is 4.20. The average Bonchev–Trinajstić information content (AvgIpc) is 2.86. The smallest absolute Gasteiger partial charge is 0.153 e. The largest absolute Gasteiger partial charge is 0.483 e. The van der Waals surface area contributed by atoms with Gasteiger partial charge in [0.1, 0.15) is 5.75 Å². The molecule has 3 aromatic rings. The molecule has 3 heteroatoms. The molecular formula is C20H22N2O. The Morgan fingerprint density at radius 2 is 2.00 bits per heavy atom. The van der Waals surface area contributed by atoms with Crippen molar-refractivity contribution in [3.05, 3.63) is 72.1 Å². The van der Waals surface area contributed by atoms with Crippen LogP contribution >= 0.6 is 0 Å². The van der Waals surface area contributed by atoms with E-state index in [1.165, 1.54) is 5.56 Å². The molecule has 0 N–H and O–H groups in total. The maximum absolute atomic E-state index is 6.12. The molecule has 2 aromatic carbocycles.